The average molecular weight is 344 g/mol. The molecule has 25 heavy (non-hydrogen) atoms. The summed E-state index contributed by atoms with van der Waals surface area (Å²) in [4.78, 5) is 12.2. The predicted octanol–water partition coefficient (Wildman–Crippen LogP) is 2.22. The van der Waals surface area contributed by atoms with Crippen molar-refractivity contribution >= 4 is 16.8 Å². The molecular weight excluding hydrogens is 316 g/mol. The van der Waals surface area contributed by atoms with Crippen molar-refractivity contribution in [2.45, 2.75) is 45.8 Å². The van der Waals surface area contributed by atoms with Crippen LogP contribution in [0.2, 0.25) is 0 Å². The molecule has 136 valence electrons. The predicted molar refractivity (Wildman–Crippen MR) is 99.5 cm³/mol. The van der Waals surface area contributed by atoms with Gasteiger partial charge in [-0.1, -0.05) is 6.07 Å². The summed E-state index contributed by atoms with van der Waals surface area (Å²) in [7, 11) is 0. The number of ether oxygens (including phenoxy) is 1. The van der Waals surface area contributed by atoms with E-state index in [2.05, 4.69) is 60.7 Å². The van der Waals surface area contributed by atoms with Gasteiger partial charge in [-0.15, -0.1) is 0 Å². The standard InChI is InChI=1S/C19H28N4O2/c1-12(2)23-9-8-15-17(23)6-5-7-18(15)25-11-19(24)20-10-16-13(3)21-22-14(16)4/h5-9,12-14,16,21-22H,10-11H2,1-4H3,(H,20,24). The molecule has 6 nitrogen and oxygen atoms in total. The van der Waals surface area contributed by atoms with Crippen molar-refractivity contribution < 1.29 is 9.53 Å². The Morgan fingerprint density at radius 3 is 2.64 bits per heavy atom. The second kappa shape index (κ2) is 7.45. The third kappa shape index (κ3) is 3.80. The quantitative estimate of drug-likeness (QED) is 0.752. The van der Waals surface area contributed by atoms with Crippen LogP contribution in [0.4, 0.5) is 0 Å². The molecule has 0 aliphatic carbocycles. The van der Waals surface area contributed by atoms with E-state index < -0.39 is 0 Å². The summed E-state index contributed by atoms with van der Waals surface area (Å²) in [5.41, 5.74) is 7.52. The monoisotopic (exact) mass is 344 g/mol. The zero-order chi connectivity index (χ0) is 18.0. The molecule has 2 unspecified atom stereocenters. The molecular formula is C19H28N4O2. The van der Waals surface area contributed by atoms with Gasteiger partial charge in [0, 0.05) is 42.2 Å². The lowest BCUT2D eigenvalue weighted by molar-refractivity contribution is -0.123. The Bertz CT molecular complexity index is 730. The smallest absolute Gasteiger partial charge is 0.257 e. The summed E-state index contributed by atoms with van der Waals surface area (Å²) in [6, 6.07) is 9.05. The number of amides is 1. The van der Waals surface area contributed by atoms with Crippen LogP contribution in [0.1, 0.15) is 33.7 Å². The van der Waals surface area contributed by atoms with Gasteiger partial charge < -0.3 is 14.6 Å². The van der Waals surface area contributed by atoms with Crippen LogP contribution in [-0.2, 0) is 4.79 Å². The second-order valence-corrected chi connectivity index (χ2v) is 7.13. The third-order valence-corrected chi connectivity index (χ3v) is 5.00. The molecule has 1 aliphatic rings. The van der Waals surface area contributed by atoms with E-state index in [1.807, 2.05) is 18.2 Å². The number of hydrogen-bond donors (Lipinski definition) is 3. The number of nitrogens with one attached hydrogen (secondary N) is 3. The zero-order valence-electron chi connectivity index (χ0n) is 15.4. The highest BCUT2D eigenvalue weighted by Crippen LogP contribution is 2.28. The lowest BCUT2D eigenvalue weighted by Crippen LogP contribution is -2.39. The van der Waals surface area contributed by atoms with Crippen molar-refractivity contribution in [1.82, 2.24) is 20.7 Å². The van der Waals surface area contributed by atoms with Gasteiger partial charge in [-0.2, -0.15) is 0 Å². The molecule has 2 atom stereocenters. The Morgan fingerprint density at radius 1 is 1.24 bits per heavy atom. The van der Waals surface area contributed by atoms with Crippen molar-refractivity contribution in [2.75, 3.05) is 13.2 Å². The van der Waals surface area contributed by atoms with Crippen LogP contribution in [0, 0.1) is 5.92 Å². The molecule has 1 saturated heterocycles. The highest BCUT2D eigenvalue weighted by Gasteiger charge is 2.29. The minimum absolute atomic E-state index is 0.0301. The molecule has 1 fully saturated rings. The van der Waals surface area contributed by atoms with E-state index >= 15 is 0 Å². The first-order chi connectivity index (χ1) is 12.0. The SMILES string of the molecule is CC1NNC(C)C1CNC(=O)COc1cccc2c1ccn2C(C)C. The molecule has 1 aliphatic heterocycles. The van der Waals surface area contributed by atoms with E-state index in [9.17, 15) is 4.79 Å². The van der Waals surface area contributed by atoms with Crippen molar-refractivity contribution in [3.8, 4) is 5.75 Å². The molecule has 6 heteroatoms. The fourth-order valence-electron chi connectivity index (χ4n) is 3.43. The summed E-state index contributed by atoms with van der Waals surface area (Å²) in [6.45, 7) is 9.19. The molecule has 0 saturated carbocycles. The average Bonchev–Trinajstić information content (AvgIpc) is 3.15. The van der Waals surface area contributed by atoms with Crippen molar-refractivity contribution in [3.63, 3.8) is 0 Å². The van der Waals surface area contributed by atoms with Gasteiger partial charge in [-0.25, -0.2) is 0 Å². The lowest BCUT2D eigenvalue weighted by atomic mass is 9.97. The van der Waals surface area contributed by atoms with Gasteiger partial charge in [0.05, 0.1) is 5.52 Å². The molecule has 2 heterocycles. The fourth-order valence-corrected chi connectivity index (χ4v) is 3.43. The summed E-state index contributed by atoms with van der Waals surface area (Å²) in [6.07, 6.45) is 2.06. The Labute approximate surface area is 148 Å². The number of hydrazine groups is 1. The Morgan fingerprint density at radius 2 is 1.96 bits per heavy atom. The maximum atomic E-state index is 12.2. The van der Waals surface area contributed by atoms with Crippen LogP contribution in [0.3, 0.4) is 0 Å². The second-order valence-electron chi connectivity index (χ2n) is 7.13. The minimum Gasteiger partial charge on any atom is -0.483 e. The number of rotatable bonds is 6. The first kappa shape index (κ1) is 17.8. The summed E-state index contributed by atoms with van der Waals surface area (Å²) in [5.74, 6) is 1.03. The van der Waals surface area contributed by atoms with Crippen molar-refractivity contribution in [2.24, 2.45) is 5.92 Å². The van der Waals surface area contributed by atoms with Crippen LogP contribution < -0.4 is 20.9 Å². The van der Waals surface area contributed by atoms with Gasteiger partial charge >= 0.3 is 0 Å². The molecule has 1 aromatic heterocycles. The van der Waals surface area contributed by atoms with Crippen LogP contribution in [0.15, 0.2) is 30.5 Å². The maximum absolute atomic E-state index is 12.2. The summed E-state index contributed by atoms with van der Waals surface area (Å²) in [5, 5.41) is 4.02. The third-order valence-electron chi connectivity index (χ3n) is 5.00. The van der Waals surface area contributed by atoms with Gasteiger partial charge in [-0.3, -0.25) is 15.6 Å². The largest absolute Gasteiger partial charge is 0.483 e. The first-order valence-electron chi connectivity index (χ1n) is 8.97. The summed E-state index contributed by atoms with van der Waals surface area (Å²) < 4.78 is 7.99. The molecule has 1 aromatic carbocycles. The van der Waals surface area contributed by atoms with Crippen molar-refractivity contribution in [3.05, 3.63) is 30.5 Å². The number of carbonyl (C=O) groups is 1. The first-order valence-corrected chi connectivity index (χ1v) is 8.97. The van der Waals surface area contributed by atoms with E-state index in [4.69, 9.17) is 4.74 Å². The van der Waals surface area contributed by atoms with E-state index in [-0.39, 0.29) is 12.5 Å². The van der Waals surface area contributed by atoms with Gasteiger partial charge in [0.15, 0.2) is 6.61 Å². The molecule has 2 aromatic rings. The number of hydrogen-bond acceptors (Lipinski definition) is 4. The van der Waals surface area contributed by atoms with E-state index in [1.165, 1.54) is 0 Å². The number of fused-ring (bicyclic) bond motifs is 1. The van der Waals surface area contributed by atoms with E-state index in [1.54, 1.807) is 0 Å². The van der Waals surface area contributed by atoms with Crippen LogP contribution in [-0.4, -0.2) is 35.7 Å². The molecule has 0 bridgehead atoms. The van der Waals surface area contributed by atoms with Gasteiger partial charge in [-0.05, 0) is 45.9 Å². The van der Waals surface area contributed by atoms with E-state index in [0.29, 0.717) is 30.6 Å². The van der Waals surface area contributed by atoms with Crippen LogP contribution >= 0.6 is 0 Å². The topological polar surface area (TPSA) is 67.3 Å². The normalized spacial score (nSPS) is 23.3. The molecule has 3 N–H and O–H groups in total. The Kier molecular flexibility index (Phi) is 5.30. The van der Waals surface area contributed by atoms with Gasteiger partial charge in [0.25, 0.3) is 5.91 Å². The highest BCUT2D eigenvalue weighted by atomic mass is 16.5. The lowest BCUT2D eigenvalue weighted by Gasteiger charge is -2.18. The highest BCUT2D eigenvalue weighted by molar-refractivity contribution is 5.87. The Hall–Kier alpha value is -2.05. The number of nitrogens with zero attached hydrogens (tertiary/aromatic N) is 1. The molecule has 0 radical (unpaired) electrons. The van der Waals surface area contributed by atoms with E-state index in [0.717, 1.165) is 16.7 Å². The molecule has 3 rings (SSSR count). The van der Waals surface area contributed by atoms with Gasteiger partial charge in [0.2, 0.25) is 0 Å². The zero-order valence-corrected chi connectivity index (χ0v) is 15.4. The number of carbonyl (C=O) groups excluding carboxylic acids is 1. The number of benzene rings is 1. The van der Waals surface area contributed by atoms with Crippen LogP contribution in [0.5, 0.6) is 5.75 Å². The van der Waals surface area contributed by atoms with Crippen molar-refractivity contribution in [1.29, 1.82) is 0 Å². The van der Waals surface area contributed by atoms with Gasteiger partial charge in [0.1, 0.15) is 5.75 Å². The molecule has 0 spiro atoms. The Balaban J connectivity index is 1.58. The molecule has 1 amide bonds. The minimum atomic E-state index is -0.0911. The number of aromatic nitrogens is 1. The fraction of sp³-hybridized carbons (Fsp3) is 0.526. The summed E-state index contributed by atoms with van der Waals surface area (Å²) >= 11 is 0. The van der Waals surface area contributed by atoms with Crippen LogP contribution in [0.25, 0.3) is 10.9 Å². The maximum Gasteiger partial charge on any atom is 0.257 e.